The molecule has 30 heavy (non-hydrogen) atoms. The Hall–Kier alpha value is -3.33. The number of hydrogen-bond donors (Lipinski definition) is 3. The Morgan fingerprint density at radius 1 is 0.967 bits per heavy atom. The molecule has 9 heteroatoms. The summed E-state index contributed by atoms with van der Waals surface area (Å²) in [5, 5.41) is 4.71. The summed E-state index contributed by atoms with van der Waals surface area (Å²) < 4.78 is 39.8. The van der Waals surface area contributed by atoms with Crippen molar-refractivity contribution < 1.29 is 22.8 Å². The van der Waals surface area contributed by atoms with Crippen molar-refractivity contribution in [2.24, 2.45) is 0 Å². The molecule has 3 N–H and O–H groups in total. The Balaban J connectivity index is 1.53. The standard InChI is InChI=1S/C21H18F3N3O2S/c22-16-9-10-17(20(24)19(16)23)26-27-21(29)13-4-1-5-14(12-13)25-18(28)8-2-6-15-7-3-11-30-15/h1,3-5,7,9-12,26H,2,6,8H2,(H,25,28)(H,27,29). The Labute approximate surface area is 174 Å². The van der Waals surface area contributed by atoms with Crippen LogP contribution in [0.5, 0.6) is 0 Å². The normalized spacial score (nSPS) is 10.5. The molecule has 0 fully saturated rings. The van der Waals surface area contributed by atoms with Gasteiger partial charge < -0.3 is 5.32 Å². The fourth-order valence-corrected chi connectivity index (χ4v) is 3.41. The third-order valence-corrected chi connectivity index (χ3v) is 5.10. The summed E-state index contributed by atoms with van der Waals surface area (Å²) in [7, 11) is 0. The number of amides is 2. The number of carbonyl (C=O) groups is 2. The fourth-order valence-electron chi connectivity index (χ4n) is 2.66. The van der Waals surface area contributed by atoms with Crippen LogP contribution in [0.15, 0.2) is 53.9 Å². The van der Waals surface area contributed by atoms with Crippen LogP contribution in [-0.4, -0.2) is 11.8 Å². The number of hydrazine groups is 1. The highest BCUT2D eigenvalue weighted by Crippen LogP contribution is 2.19. The molecule has 0 atom stereocenters. The fraction of sp³-hybridized carbons (Fsp3) is 0.143. The van der Waals surface area contributed by atoms with E-state index in [1.54, 1.807) is 23.5 Å². The van der Waals surface area contributed by atoms with Crippen LogP contribution >= 0.6 is 11.3 Å². The quantitative estimate of drug-likeness (QED) is 0.350. The number of nitrogens with one attached hydrogen (secondary N) is 3. The van der Waals surface area contributed by atoms with Gasteiger partial charge in [-0.2, -0.15) is 0 Å². The van der Waals surface area contributed by atoms with Crippen LogP contribution < -0.4 is 16.2 Å². The molecule has 2 amide bonds. The second-order valence-electron chi connectivity index (χ2n) is 6.36. The van der Waals surface area contributed by atoms with E-state index in [0.717, 1.165) is 18.6 Å². The molecule has 156 valence electrons. The second-order valence-corrected chi connectivity index (χ2v) is 7.40. The number of anilines is 2. The van der Waals surface area contributed by atoms with Gasteiger partial charge in [-0.25, -0.2) is 13.2 Å². The summed E-state index contributed by atoms with van der Waals surface area (Å²) in [6.07, 6.45) is 1.86. The molecule has 1 aromatic heterocycles. The van der Waals surface area contributed by atoms with Crippen molar-refractivity contribution in [1.82, 2.24) is 5.43 Å². The molecule has 0 radical (unpaired) electrons. The largest absolute Gasteiger partial charge is 0.326 e. The third kappa shape index (κ3) is 5.60. The number of halogens is 3. The first-order valence-electron chi connectivity index (χ1n) is 9.06. The van der Waals surface area contributed by atoms with E-state index in [-0.39, 0.29) is 11.5 Å². The second kappa shape index (κ2) is 9.93. The first-order chi connectivity index (χ1) is 14.4. The van der Waals surface area contributed by atoms with E-state index in [2.05, 4.69) is 16.2 Å². The molecule has 0 saturated heterocycles. The van der Waals surface area contributed by atoms with Crippen molar-refractivity contribution in [2.75, 3.05) is 10.7 Å². The molecule has 2 aromatic carbocycles. The van der Waals surface area contributed by atoms with Crippen LogP contribution in [0.25, 0.3) is 0 Å². The Kier molecular flexibility index (Phi) is 7.08. The summed E-state index contributed by atoms with van der Waals surface area (Å²) >= 11 is 1.64. The van der Waals surface area contributed by atoms with Gasteiger partial charge in [-0.05, 0) is 54.6 Å². The summed E-state index contributed by atoms with van der Waals surface area (Å²) in [4.78, 5) is 25.6. The van der Waals surface area contributed by atoms with Crippen LogP contribution in [0.4, 0.5) is 24.5 Å². The maximum absolute atomic E-state index is 13.6. The van der Waals surface area contributed by atoms with Crippen LogP contribution in [0.3, 0.4) is 0 Å². The van der Waals surface area contributed by atoms with Crippen molar-refractivity contribution in [3.05, 3.63) is 81.8 Å². The lowest BCUT2D eigenvalue weighted by Crippen LogP contribution is -2.30. The van der Waals surface area contributed by atoms with Crippen molar-refractivity contribution in [3.8, 4) is 0 Å². The summed E-state index contributed by atoms with van der Waals surface area (Å²) in [5.74, 6) is -5.24. The molecular formula is C21H18F3N3O2S. The molecule has 3 aromatic rings. The van der Waals surface area contributed by atoms with Gasteiger partial charge in [-0.1, -0.05) is 12.1 Å². The van der Waals surface area contributed by atoms with E-state index in [4.69, 9.17) is 0 Å². The Morgan fingerprint density at radius 2 is 1.80 bits per heavy atom. The lowest BCUT2D eigenvalue weighted by Gasteiger charge is -2.11. The predicted octanol–water partition coefficient (Wildman–Crippen LogP) is 4.88. The van der Waals surface area contributed by atoms with Crippen LogP contribution in [0.2, 0.25) is 0 Å². The van der Waals surface area contributed by atoms with E-state index in [1.165, 1.54) is 17.0 Å². The Bertz CT molecular complexity index is 1040. The average Bonchev–Trinajstić information content (AvgIpc) is 3.25. The lowest BCUT2D eigenvalue weighted by atomic mass is 10.1. The van der Waals surface area contributed by atoms with Crippen molar-refractivity contribution in [3.63, 3.8) is 0 Å². The van der Waals surface area contributed by atoms with Crippen molar-refractivity contribution >= 4 is 34.5 Å². The van der Waals surface area contributed by atoms with E-state index in [0.29, 0.717) is 18.5 Å². The highest BCUT2D eigenvalue weighted by molar-refractivity contribution is 7.09. The zero-order chi connectivity index (χ0) is 21.5. The lowest BCUT2D eigenvalue weighted by molar-refractivity contribution is -0.116. The highest BCUT2D eigenvalue weighted by Gasteiger charge is 2.14. The third-order valence-electron chi connectivity index (χ3n) is 4.16. The SMILES string of the molecule is O=C(CCCc1cccs1)Nc1cccc(C(=O)NNc2ccc(F)c(F)c2F)c1. The van der Waals surface area contributed by atoms with Gasteiger partial charge in [0, 0.05) is 22.5 Å². The molecule has 0 aliphatic heterocycles. The predicted molar refractivity (Wildman–Crippen MR) is 110 cm³/mol. The minimum atomic E-state index is -1.64. The molecule has 0 saturated carbocycles. The molecule has 0 spiro atoms. The van der Waals surface area contributed by atoms with Gasteiger partial charge in [-0.3, -0.25) is 20.4 Å². The summed E-state index contributed by atoms with van der Waals surface area (Å²) in [6, 6.07) is 11.8. The topological polar surface area (TPSA) is 70.2 Å². The first-order valence-corrected chi connectivity index (χ1v) is 9.94. The molecule has 3 rings (SSSR count). The van der Waals surface area contributed by atoms with E-state index in [1.807, 2.05) is 17.5 Å². The number of hydrogen-bond acceptors (Lipinski definition) is 4. The van der Waals surface area contributed by atoms with Crippen LogP contribution in [-0.2, 0) is 11.2 Å². The molecule has 0 unspecified atom stereocenters. The zero-order valence-electron chi connectivity index (χ0n) is 15.7. The number of aryl methyl sites for hydroxylation is 1. The van der Waals surface area contributed by atoms with Gasteiger partial charge in [-0.15, -0.1) is 11.3 Å². The average molecular weight is 433 g/mol. The zero-order valence-corrected chi connectivity index (χ0v) is 16.5. The van der Waals surface area contributed by atoms with Crippen molar-refractivity contribution in [1.29, 1.82) is 0 Å². The van der Waals surface area contributed by atoms with Gasteiger partial charge >= 0.3 is 0 Å². The molecule has 1 heterocycles. The minimum Gasteiger partial charge on any atom is -0.326 e. The van der Waals surface area contributed by atoms with Crippen molar-refractivity contribution in [2.45, 2.75) is 19.3 Å². The van der Waals surface area contributed by atoms with Gasteiger partial charge in [0.1, 0.15) is 0 Å². The number of carbonyl (C=O) groups excluding carboxylic acids is 2. The summed E-state index contributed by atoms with van der Waals surface area (Å²) in [5.41, 5.74) is 4.61. The highest BCUT2D eigenvalue weighted by atomic mass is 32.1. The number of benzene rings is 2. The molecular weight excluding hydrogens is 415 g/mol. The van der Waals surface area contributed by atoms with Gasteiger partial charge in [0.15, 0.2) is 17.5 Å². The number of rotatable bonds is 8. The minimum absolute atomic E-state index is 0.175. The van der Waals surface area contributed by atoms with Gasteiger partial charge in [0.05, 0.1) is 5.69 Å². The monoisotopic (exact) mass is 433 g/mol. The summed E-state index contributed by atoms with van der Waals surface area (Å²) in [6.45, 7) is 0. The van der Waals surface area contributed by atoms with E-state index in [9.17, 15) is 22.8 Å². The maximum atomic E-state index is 13.6. The van der Waals surface area contributed by atoms with E-state index >= 15 is 0 Å². The van der Waals surface area contributed by atoms with Crippen LogP contribution in [0, 0.1) is 17.5 Å². The molecule has 0 aliphatic rings. The molecule has 0 bridgehead atoms. The molecule has 0 aliphatic carbocycles. The smallest absolute Gasteiger partial charge is 0.269 e. The van der Waals surface area contributed by atoms with E-state index < -0.39 is 29.0 Å². The maximum Gasteiger partial charge on any atom is 0.269 e. The van der Waals surface area contributed by atoms with Gasteiger partial charge in [0.25, 0.3) is 5.91 Å². The number of thiophene rings is 1. The van der Waals surface area contributed by atoms with Gasteiger partial charge in [0.2, 0.25) is 5.91 Å². The Morgan fingerprint density at radius 3 is 2.57 bits per heavy atom. The molecule has 5 nitrogen and oxygen atoms in total. The first kappa shape index (κ1) is 21.4. The van der Waals surface area contributed by atoms with Crippen LogP contribution in [0.1, 0.15) is 28.1 Å².